The van der Waals surface area contributed by atoms with E-state index in [9.17, 15) is 0 Å². The van der Waals surface area contributed by atoms with E-state index >= 15 is 0 Å². The fourth-order valence-corrected chi connectivity index (χ4v) is 3.21. The average molecular weight is 274 g/mol. The Balaban J connectivity index is 2.01. The highest BCUT2D eigenvalue weighted by Crippen LogP contribution is 2.24. The number of rotatable bonds is 7. The van der Waals surface area contributed by atoms with E-state index in [-0.39, 0.29) is 0 Å². The Morgan fingerprint density at radius 3 is 2.70 bits per heavy atom. The summed E-state index contributed by atoms with van der Waals surface area (Å²) in [6, 6.07) is 5.49. The zero-order valence-corrected chi connectivity index (χ0v) is 12.8. The predicted octanol–water partition coefficient (Wildman–Crippen LogP) is 3.51. The molecule has 0 saturated heterocycles. The van der Waals surface area contributed by atoms with Crippen molar-refractivity contribution in [3.8, 4) is 6.07 Å². The van der Waals surface area contributed by atoms with Gasteiger partial charge in [0.05, 0.1) is 24.3 Å². The van der Waals surface area contributed by atoms with Crippen LogP contribution in [0.4, 0.5) is 0 Å². The van der Waals surface area contributed by atoms with Gasteiger partial charge in [0, 0.05) is 18.8 Å². The van der Waals surface area contributed by atoms with Crippen LogP contribution in [0.2, 0.25) is 0 Å². The van der Waals surface area contributed by atoms with Gasteiger partial charge in [0.15, 0.2) is 0 Å². The van der Waals surface area contributed by atoms with Crippen molar-refractivity contribution in [2.75, 3.05) is 6.54 Å². The minimum Gasteiger partial charge on any atom is -0.282 e. The molecule has 110 valence electrons. The maximum Gasteiger partial charge on any atom is 0.0871 e. The minimum absolute atomic E-state index is 0.500. The molecule has 1 aromatic rings. The van der Waals surface area contributed by atoms with Crippen LogP contribution in [0.25, 0.3) is 0 Å². The largest absolute Gasteiger partial charge is 0.282 e. The summed E-state index contributed by atoms with van der Waals surface area (Å²) in [6.07, 6.45) is 9.38. The highest BCUT2D eigenvalue weighted by Gasteiger charge is 2.23. The van der Waals surface area contributed by atoms with Gasteiger partial charge in [0.2, 0.25) is 0 Å². The van der Waals surface area contributed by atoms with Crippen molar-refractivity contribution in [3.63, 3.8) is 0 Å². The van der Waals surface area contributed by atoms with Crippen LogP contribution < -0.4 is 0 Å². The summed E-state index contributed by atoms with van der Waals surface area (Å²) in [5.74, 6) is 0. The van der Waals surface area contributed by atoms with Crippen LogP contribution in [0, 0.1) is 11.3 Å². The quantitative estimate of drug-likeness (QED) is 0.715. The molecule has 1 aliphatic carbocycles. The molecule has 4 heteroatoms. The molecule has 2 rings (SSSR count). The predicted molar refractivity (Wildman–Crippen MR) is 80.1 cm³/mol. The van der Waals surface area contributed by atoms with Crippen LogP contribution in [0.1, 0.15) is 64.1 Å². The highest BCUT2D eigenvalue weighted by atomic mass is 15.3. The van der Waals surface area contributed by atoms with E-state index in [1.807, 2.05) is 0 Å². The maximum absolute atomic E-state index is 9.03. The third-order valence-electron chi connectivity index (χ3n) is 4.46. The third-order valence-corrected chi connectivity index (χ3v) is 4.46. The lowest BCUT2D eigenvalue weighted by Crippen LogP contribution is -2.33. The van der Waals surface area contributed by atoms with Crippen LogP contribution in [-0.4, -0.2) is 27.3 Å². The first-order valence-electron chi connectivity index (χ1n) is 7.93. The molecule has 0 bridgehead atoms. The van der Waals surface area contributed by atoms with Gasteiger partial charge in [-0.15, -0.1) is 0 Å². The van der Waals surface area contributed by atoms with E-state index in [1.54, 1.807) is 0 Å². The first kappa shape index (κ1) is 15.1. The lowest BCUT2D eigenvalue weighted by molar-refractivity contribution is 0.210. The van der Waals surface area contributed by atoms with Gasteiger partial charge in [-0.2, -0.15) is 10.4 Å². The lowest BCUT2D eigenvalue weighted by Gasteiger charge is -2.25. The monoisotopic (exact) mass is 274 g/mol. The molecule has 20 heavy (non-hydrogen) atoms. The molecule has 0 N–H and O–H groups in total. The average Bonchev–Trinajstić information content (AvgIpc) is 3.11. The van der Waals surface area contributed by atoms with E-state index in [0.717, 1.165) is 25.1 Å². The molecule has 1 saturated carbocycles. The molecule has 1 aliphatic rings. The molecule has 0 amide bonds. The van der Waals surface area contributed by atoms with Crippen LogP contribution in [0.3, 0.4) is 0 Å². The van der Waals surface area contributed by atoms with Crippen molar-refractivity contribution < 1.29 is 0 Å². The van der Waals surface area contributed by atoms with Crippen LogP contribution in [0.15, 0.2) is 12.3 Å². The van der Waals surface area contributed by atoms with Crippen LogP contribution in [0.5, 0.6) is 0 Å². The molecule has 1 fully saturated rings. The lowest BCUT2D eigenvalue weighted by atomic mass is 10.2. The summed E-state index contributed by atoms with van der Waals surface area (Å²) >= 11 is 0. The fraction of sp³-hybridized carbons (Fsp3) is 0.750. The molecular formula is C16H26N4. The van der Waals surface area contributed by atoms with Crippen LogP contribution >= 0.6 is 0 Å². The second-order valence-electron chi connectivity index (χ2n) is 5.76. The Morgan fingerprint density at radius 2 is 2.10 bits per heavy atom. The number of hydrogen-bond acceptors (Lipinski definition) is 3. The molecule has 0 aromatic carbocycles. The highest BCUT2D eigenvalue weighted by molar-refractivity contribution is 5.01. The SMILES string of the molecule is CCC(CC)n1ccc(CN(CC#N)C2CCCC2)n1. The molecule has 0 spiro atoms. The van der Waals surface area contributed by atoms with Crippen molar-refractivity contribution in [2.24, 2.45) is 0 Å². The molecule has 0 aliphatic heterocycles. The molecule has 0 atom stereocenters. The summed E-state index contributed by atoms with van der Waals surface area (Å²) in [7, 11) is 0. The number of aromatic nitrogens is 2. The summed E-state index contributed by atoms with van der Waals surface area (Å²) in [6.45, 7) is 5.74. The number of nitriles is 1. The number of hydrogen-bond donors (Lipinski definition) is 0. The van der Waals surface area contributed by atoms with Gasteiger partial charge >= 0.3 is 0 Å². The van der Waals surface area contributed by atoms with Crippen molar-refractivity contribution in [3.05, 3.63) is 18.0 Å². The van der Waals surface area contributed by atoms with Crippen molar-refractivity contribution >= 4 is 0 Å². The molecule has 1 aromatic heterocycles. The van der Waals surface area contributed by atoms with E-state index < -0.39 is 0 Å². The molecule has 1 heterocycles. The first-order valence-corrected chi connectivity index (χ1v) is 7.93. The van der Waals surface area contributed by atoms with Gasteiger partial charge in [-0.3, -0.25) is 9.58 Å². The van der Waals surface area contributed by atoms with E-state index in [0.29, 0.717) is 18.6 Å². The fourth-order valence-electron chi connectivity index (χ4n) is 3.21. The van der Waals surface area contributed by atoms with Gasteiger partial charge in [0.25, 0.3) is 0 Å². The van der Waals surface area contributed by atoms with Crippen molar-refractivity contribution in [2.45, 2.75) is 71.0 Å². The second kappa shape index (κ2) is 7.44. The Hall–Kier alpha value is -1.34. The molecule has 4 nitrogen and oxygen atoms in total. The molecule has 0 radical (unpaired) electrons. The van der Waals surface area contributed by atoms with Gasteiger partial charge in [0.1, 0.15) is 0 Å². The Kier molecular flexibility index (Phi) is 5.60. The zero-order valence-electron chi connectivity index (χ0n) is 12.8. The molecule has 0 unspecified atom stereocenters. The van der Waals surface area contributed by atoms with Gasteiger partial charge in [-0.1, -0.05) is 26.7 Å². The molecular weight excluding hydrogens is 248 g/mol. The summed E-state index contributed by atoms with van der Waals surface area (Å²) < 4.78 is 2.09. The summed E-state index contributed by atoms with van der Waals surface area (Å²) in [5, 5.41) is 13.7. The maximum atomic E-state index is 9.03. The Bertz CT molecular complexity index is 436. The third kappa shape index (κ3) is 3.61. The van der Waals surface area contributed by atoms with E-state index in [1.165, 1.54) is 25.7 Å². The topological polar surface area (TPSA) is 44.9 Å². The first-order chi connectivity index (χ1) is 9.78. The number of nitrogens with zero attached hydrogens (tertiary/aromatic N) is 4. The standard InChI is InChI=1S/C16H26N4/c1-3-15(4-2)20-11-9-14(18-20)13-19(12-10-17)16-7-5-6-8-16/h9,11,15-16H,3-8,12-13H2,1-2H3. The minimum atomic E-state index is 0.500. The summed E-state index contributed by atoms with van der Waals surface area (Å²) in [5.41, 5.74) is 1.10. The normalized spacial score (nSPS) is 16.1. The Labute approximate surface area is 122 Å². The summed E-state index contributed by atoms with van der Waals surface area (Å²) in [4.78, 5) is 2.30. The van der Waals surface area contributed by atoms with E-state index in [4.69, 9.17) is 10.4 Å². The van der Waals surface area contributed by atoms with Gasteiger partial charge in [-0.25, -0.2) is 0 Å². The van der Waals surface area contributed by atoms with Gasteiger partial charge < -0.3 is 0 Å². The Morgan fingerprint density at radius 1 is 1.40 bits per heavy atom. The second-order valence-corrected chi connectivity index (χ2v) is 5.76. The zero-order chi connectivity index (χ0) is 14.4. The van der Waals surface area contributed by atoms with Gasteiger partial charge in [-0.05, 0) is 31.7 Å². The van der Waals surface area contributed by atoms with E-state index in [2.05, 4.69) is 41.8 Å². The van der Waals surface area contributed by atoms with Crippen LogP contribution in [-0.2, 0) is 6.54 Å². The smallest absolute Gasteiger partial charge is 0.0871 e. The van der Waals surface area contributed by atoms with Crippen molar-refractivity contribution in [1.82, 2.24) is 14.7 Å². The van der Waals surface area contributed by atoms with Crippen molar-refractivity contribution in [1.29, 1.82) is 5.26 Å².